The minimum absolute atomic E-state index is 0.284. The van der Waals surface area contributed by atoms with E-state index in [2.05, 4.69) is 17.4 Å². The quantitative estimate of drug-likeness (QED) is 0.809. The molecule has 0 bridgehead atoms. The van der Waals surface area contributed by atoms with Gasteiger partial charge in [-0.1, -0.05) is 41.9 Å². The van der Waals surface area contributed by atoms with E-state index in [9.17, 15) is 5.11 Å². The molecule has 3 heteroatoms. The molecule has 2 N–H and O–H groups in total. The molecule has 2 nitrogen and oxygen atoms in total. The number of hydrogen-bond donors (Lipinski definition) is 2. The standard InChI is InChI=1S/C15H16ClNO/c16-14-6-7-15(18)13(10-14)11-17-9-8-12-4-2-1-3-5-12/h1-7,10,17-18H,8-9,11H2. The maximum Gasteiger partial charge on any atom is 0.120 e. The number of aromatic hydroxyl groups is 1. The second-order valence-electron chi connectivity index (χ2n) is 4.19. The third-order valence-electron chi connectivity index (χ3n) is 2.79. The summed E-state index contributed by atoms with van der Waals surface area (Å²) >= 11 is 5.89. The monoisotopic (exact) mass is 261 g/mol. The van der Waals surface area contributed by atoms with E-state index >= 15 is 0 Å². The lowest BCUT2D eigenvalue weighted by Crippen LogP contribution is -2.16. The fourth-order valence-corrected chi connectivity index (χ4v) is 1.99. The second-order valence-corrected chi connectivity index (χ2v) is 4.62. The minimum atomic E-state index is 0.284. The van der Waals surface area contributed by atoms with Crippen molar-refractivity contribution in [2.45, 2.75) is 13.0 Å². The third kappa shape index (κ3) is 3.76. The van der Waals surface area contributed by atoms with E-state index < -0.39 is 0 Å². The van der Waals surface area contributed by atoms with Crippen molar-refractivity contribution in [2.75, 3.05) is 6.54 Å². The Morgan fingerprint density at radius 3 is 2.61 bits per heavy atom. The van der Waals surface area contributed by atoms with E-state index in [-0.39, 0.29) is 5.75 Å². The number of halogens is 1. The molecule has 0 radical (unpaired) electrons. The summed E-state index contributed by atoms with van der Waals surface area (Å²) < 4.78 is 0. The maximum atomic E-state index is 9.65. The van der Waals surface area contributed by atoms with Gasteiger partial charge in [0.1, 0.15) is 5.75 Å². The summed E-state index contributed by atoms with van der Waals surface area (Å²) in [6.45, 7) is 1.50. The van der Waals surface area contributed by atoms with Crippen molar-refractivity contribution in [3.05, 3.63) is 64.7 Å². The van der Waals surface area contributed by atoms with E-state index in [0.29, 0.717) is 11.6 Å². The van der Waals surface area contributed by atoms with Gasteiger partial charge in [-0.2, -0.15) is 0 Å². The highest BCUT2D eigenvalue weighted by molar-refractivity contribution is 6.30. The van der Waals surface area contributed by atoms with Crippen LogP contribution in [0.15, 0.2) is 48.5 Å². The van der Waals surface area contributed by atoms with Crippen molar-refractivity contribution in [2.24, 2.45) is 0 Å². The number of phenolic OH excluding ortho intramolecular Hbond substituents is 1. The Morgan fingerprint density at radius 1 is 1.06 bits per heavy atom. The molecule has 0 saturated heterocycles. The van der Waals surface area contributed by atoms with Crippen LogP contribution >= 0.6 is 11.6 Å². The summed E-state index contributed by atoms with van der Waals surface area (Å²) in [5.41, 5.74) is 2.14. The Hall–Kier alpha value is -1.51. The van der Waals surface area contributed by atoms with Crippen molar-refractivity contribution in [1.29, 1.82) is 0 Å². The Balaban J connectivity index is 1.80. The van der Waals surface area contributed by atoms with Gasteiger partial charge in [0.2, 0.25) is 0 Å². The normalized spacial score (nSPS) is 10.5. The SMILES string of the molecule is Oc1ccc(Cl)cc1CNCCc1ccccc1. The van der Waals surface area contributed by atoms with Crippen LogP contribution in [0.1, 0.15) is 11.1 Å². The van der Waals surface area contributed by atoms with Crippen LogP contribution in [-0.2, 0) is 13.0 Å². The molecular weight excluding hydrogens is 246 g/mol. The van der Waals surface area contributed by atoms with Crippen LogP contribution in [0.25, 0.3) is 0 Å². The average molecular weight is 262 g/mol. The molecule has 0 atom stereocenters. The van der Waals surface area contributed by atoms with E-state index in [4.69, 9.17) is 11.6 Å². The molecule has 2 rings (SSSR count). The predicted octanol–water partition coefficient (Wildman–Crippen LogP) is 3.38. The van der Waals surface area contributed by atoms with E-state index in [1.165, 1.54) is 5.56 Å². The van der Waals surface area contributed by atoms with Gasteiger partial charge in [0.05, 0.1) is 0 Å². The zero-order valence-electron chi connectivity index (χ0n) is 10.1. The first-order valence-electron chi connectivity index (χ1n) is 5.98. The number of rotatable bonds is 5. The van der Waals surface area contributed by atoms with Gasteiger partial charge in [-0.25, -0.2) is 0 Å². The summed E-state index contributed by atoms with van der Waals surface area (Å²) in [5.74, 6) is 0.284. The number of phenols is 1. The average Bonchev–Trinajstić information content (AvgIpc) is 2.40. The summed E-state index contributed by atoms with van der Waals surface area (Å²) in [6, 6.07) is 15.4. The first kappa shape index (κ1) is 12.9. The first-order valence-corrected chi connectivity index (χ1v) is 6.35. The van der Waals surface area contributed by atoms with Crippen LogP contribution in [-0.4, -0.2) is 11.7 Å². The summed E-state index contributed by atoms with van der Waals surface area (Å²) in [7, 11) is 0. The van der Waals surface area contributed by atoms with Gasteiger partial charge >= 0.3 is 0 Å². The second kappa shape index (κ2) is 6.43. The Labute approximate surface area is 112 Å². The van der Waals surface area contributed by atoms with Crippen LogP contribution < -0.4 is 5.32 Å². The highest BCUT2D eigenvalue weighted by Gasteiger charge is 2.01. The van der Waals surface area contributed by atoms with Crippen LogP contribution in [0.4, 0.5) is 0 Å². The lowest BCUT2D eigenvalue weighted by atomic mass is 10.1. The van der Waals surface area contributed by atoms with E-state index in [1.54, 1.807) is 18.2 Å². The van der Waals surface area contributed by atoms with Crippen LogP contribution in [0, 0.1) is 0 Å². The molecule has 0 aromatic heterocycles. The lowest BCUT2D eigenvalue weighted by Gasteiger charge is -2.07. The lowest BCUT2D eigenvalue weighted by molar-refractivity contribution is 0.464. The molecule has 0 unspecified atom stereocenters. The molecule has 0 aliphatic heterocycles. The molecule has 0 fully saturated rings. The molecule has 0 aliphatic rings. The highest BCUT2D eigenvalue weighted by atomic mass is 35.5. The molecule has 0 heterocycles. The largest absolute Gasteiger partial charge is 0.508 e. The number of hydrogen-bond acceptors (Lipinski definition) is 2. The molecule has 0 spiro atoms. The van der Waals surface area contributed by atoms with Gasteiger partial charge in [0, 0.05) is 17.1 Å². The maximum absolute atomic E-state index is 9.65. The van der Waals surface area contributed by atoms with Crippen LogP contribution in [0.5, 0.6) is 5.75 Å². The Morgan fingerprint density at radius 2 is 1.83 bits per heavy atom. The molecule has 0 aliphatic carbocycles. The summed E-state index contributed by atoms with van der Waals surface area (Å²) in [5, 5.41) is 13.6. The predicted molar refractivity (Wildman–Crippen MR) is 75.0 cm³/mol. The molecular formula is C15H16ClNO. The smallest absolute Gasteiger partial charge is 0.120 e. The molecule has 2 aromatic carbocycles. The first-order chi connectivity index (χ1) is 8.75. The molecule has 0 saturated carbocycles. The van der Waals surface area contributed by atoms with Crippen molar-refractivity contribution in [3.63, 3.8) is 0 Å². The molecule has 2 aromatic rings. The zero-order chi connectivity index (χ0) is 12.8. The van der Waals surface area contributed by atoms with Gasteiger partial charge in [-0.05, 0) is 36.7 Å². The van der Waals surface area contributed by atoms with Gasteiger partial charge < -0.3 is 10.4 Å². The Bertz CT molecular complexity index is 499. The van der Waals surface area contributed by atoms with Crippen molar-refractivity contribution >= 4 is 11.6 Å². The van der Waals surface area contributed by atoms with Crippen molar-refractivity contribution < 1.29 is 5.11 Å². The highest BCUT2D eigenvalue weighted by Crippen LogP contribution is 2.20. The molecule has 94 valence electrons. The number of nitrogens with one attached hydrogen (secondary N) is 1. The minimum Gasteiger partial charge on any atom is -0.508 e. The van der Waals surface area contributed by atoms with Crippen LogP contribution in [0.2, 0.25) is 5.02 Å². The fraction of sp³-hybridized carbons (Fsp3) is 0.200. The van der Waals surface area contributed by atoms with Crippen molar-refractivity contribution in [3.8, 4) is 5.75 Å². The summed E-state index contributed by atoms with van der Waals surface area (Å²) in [4.78, 5) is 0. The van der Waals surface area contributed by atoms with Gasteiger partial charge in [-0.15, -0.1) is 0 Å². The van der Waals surface area contributed by atoms with E-state index in [0.717, 1.165) is 18.5 Å². The van der Waals surface area contributed by atoms with Crippen LogP contribution in [0.3, 0.4) is 0 Å². The van der Waals surface area contributed by atoms with Gasteiger partial charge in [-0.3, -0.25) is 0 Å². The van der Waals surface area contributed by atoms with E-state index in [1.807, 2.05) is 18.2 Å². The topological polar surface area (TPSA) is 32.3 Å². The molecule has 0 amide bonds. The third-order valence-corrected chi connectivity index (χ3v) is 3.03. The number of benzene rings is 2. The summed E-state index contributed by atoms with van der Waals surface area (Å²) in [6.07, 6.45) is 0.974. The molecule has 18 heavy (non-hydrogen) atoms. The van der Waals surface area contributed by atoms with Crippen molar-refractivity contribution in [1.82, 2.24) is 5.32 Å². The zero-order valence-corrected chi connectivity index (χ0v) is 10.8. The Kier molecular flexibility index (Phi) is 4.62. The fourth-order valence-electron chi connectivity index (χ4n) is 1.80. The van der Waals surface area contributed by atoms with Gasteiger partial charge in [0.25, 0.3) is 0 Å². The van der Waals surface area contributed by atoms with Gasteiger partial charge in [0.15, 0.2) is 0 Å².